The van der Waals surface area contributed by atoms with E-state index in [1.165, 1.54) is 5.19 Å². The summed E-state index contributed by atoms with van der Waals surface area (Å²) in [5.41, 5.74) is 1.73. The Kier molecular flexibility index (Phi) is 2.74. The van der Waals surface area contributed by atoms with Crippen molar-refractivity contribution in [2.45, 2.75) is 32.7 Å². The number of carbonyl (C=O) groups is 1. The number of halogens is 1. The van der Waals surface area contributed by atoms with Gasteiger partial charge >= 0.3 is 5.97 Å². The Labute approximate surface area is 105 Å². The van der Waals surface area contributed by atoms with Gasteiger partial charge in [0.15, 0.2) is 0 Å². The average Bonchev–Trinajstić information content (AvgIpc) is 2.41. The first-order valence-corrected chi connectivity index (χ1v) is 9.65. The van der Waals surface area contributed by atoms with Crippen LogP contribution in [0.4, 0.5) is 0 Å². The highest BCUT2D eigenvalue weighted by Gasteiger charge is 2.32. The molecule has 1 atom stereocenters. The summed E-state index contributed by atoms with van der Waals surface area (Å²) in [6, 6.07) is 4.15. The summed E-state index contributed by atoms with van der Waals surface area (Å²) < 4.78 is 6.23. The van der Waals surface area contributed by atoms with Crippen LogP contribution in [0.2, 0.25) is 19.6 Å². The molecule has 1 unspecified atom stereocenters. The quantitative estimate of drug-likeness (QED) is 0.588. The minimum Gasteiger partial charge on any atom is -0.454 e. The summed E-state index contributed by atoms with van der Waals surface area (Å²) in [6.45, 7) is 8.71. The van der Waals surface area contributed by atoms with Crippen LogP contribution in [0.15, 0.2) is 16.6 Å². The van der Waals surface area contributed by atoms with Crippen molar-refractivity contribution in [1.29, 1.82) is 0 Å². The SMILES string of the molecule is CC1OC(=O)c2cc([Si](C)(C)C)cc(Br)c21. The van der Waals surface area contributed by atoms with Crippen molar-refractivity contribution in [3.8, 4) is 0 Å². The molecule has 2 nitrogen and oxygen atoms in total. The summed E-state index contributed by atoms with van der Waals surface area (Å²) >= 11 is 3.55. The number of benzene rings is 1. The van der Waals surface area contributed by atoms with Crippen LogP contribution in [0.1, 0.15) is 28.9 Å². The smallest absolute Gasteiger partial charge is 0.339 e. The number of fused-ring (bicyclic) bond motifs is 1. The van der Waals surface area contributed by atoms with Crippen LogP contribution in [0.25, 0.3) is 0 Å². The van der Waals surface area contributed by atoms with Gasteiger partial charge in [-0.25, -0.2) is 4.79 Å². The molecule has 16 heavy (non-hydrogen) atoms. The van der Waals surface area contributed by atoms with Crippen molar-refractivity contribution >= 4 is 35.2 Å². The van der Waals surface area contributed by atoms with Crippen molar-refractivity contribution in [1.82, 2.24) is 0 Å². The number of ether oxygens (including phenoxy) is 1. The summed E-state index contributed by atoms with van der Waals surface area (Å²) in [4.78, 5) is 11.7. The van der Waals surface area contributed by atoms with Crippen molar-refractivity contribution < 1.29 is 9.53 Å². The van der Waals surface area contributed by atoms with E-state index in [1.54, 1.807) is 0 Å². The summed E-state index contributed by atoms with van der Waals surface area (Å²) in [6.07, 6.45) is -0.132. The zero-order valence-corrected chi connectivity index (χ0v) is 12.5. The molecule has 2 rings (SSSR count). The van der Waals surface area contributed by atoms with Crippen LogP contribution < -0.4 is 5.19 Å². The molecule has 1 aliphatic heterocycles. The predicted octanol–water partition coefficient (Wildman–Crippen LogP) is 3.23. The molecular weight excluding hydrogens is 284 g/mol. The largest absolute Gasteiger partial charge is 0.454 e. The predicted molar refractivity (Wildman–Crippen MR) is 71.0 cm³/mol. The van der Waals surface area contributed by atoms with Gasteiger partial charge in [0.2, 0.25) is 0 Å². The second-order valence-electron chi connectivity index (χ2n) is 5.22. The second-order valence-corrected chi connectivity index (χ2v) is 11.1. The number of cyclic esters (lactones) is 1. The Morgan fingerprint density at radius 2 is 1.94 bits per heavy atom. The first-order chi connectivity index (χ1) is 7.30. The molecule has 0 saturated carbocycles. The Hall–Kier alpha value is -0.613. The lowest BCUT2D eigenvalue weighted by molar-refractivity contribution is 0.0421. The molecule has 86 valence electrons. The van der Waals surface area contributed by atoms with E-state index in [9.17, 15) is 4.79 Å². The van der Waals surface area contributed by atoms with Crippen LogP contribution in [0.3, 0.4) is 0 Å². The van der Waals surface area contributed by atoms with Gasteiger partial charge in [-0.3, -0.25) is 0 Å². The fourth-order valence-corrected chi connectivity index (χ4v) is 4.06. The molecule has 0 spiro atoms. The number of hydrogen-bond donors (Lipinski definition) is 0. The molecular formula is C12H15BrO2Si. The third-order valence-electron chi connectivity index (χ3n) is 2.91. The van der Waals surface area contributed by atoms with Gasteiger partial charge in [-0.2, -0.15) is 0 Å². The highest BCUT2D eigenvalue weighted by Crippen LogP contribution is 2.35. The number of hydrogen-bond acceptors (Lipinski definition) is 2. The molecule has 0 aromatic heterocycles. The molecule has 1 aliphatic rings. The van der Waals surface area contributed by atoms with Gasteiger partial charge in [-0.1, -0.05) is 40.8 Å². The molecule has 0 saturated heterocycles. The first kappa shape index (κ1) is 11.9. The molecule has 1 aromatic rings. The highest BCUT2D eigenvalue weighted by atomic mass is 79.9. The third kappa shape index (κ3) is 1.84. The summed E-state index contributed by atoms with van der Waals surface area (Å²) in [7, 11) is -1.40. The van der Waals surface area contributed by atoms with Crippen molar-refractivity contribution in [3.63, 3.8) is 0 Å². The minimum absolute atomic E-state index is 0.132. The van der Waals surface area contributed by atoms with Crippen LogP contribution in [-0.2, 0) is 4.74 Å². The lowest BCUT2D eigenvalue weighted by atomic mass is 10.1. The van der Waals surface area contributed by atoms with Crippen LogP contribution in [0.5, 0.6) is 0 Å². The highest BCUT2D eigenvalue weighted by molar-refractivity contribution is 9.10. The monoisotopic (exact) mass is 298 g/mol. The molecule has 0 amide bonds. The van der Waals surface area contributed by atoms with Gasteiger partial charge < -0.3 is 4.74 Å². The van der Waals surface area contributed by atoms with E-state index in [0.717, 1.165) is 15.6 Å². The first-order valence-electron chi connectivity index (χ1n) is 5.35. The normalized spacial score (nSPS) is 19.6. The van der Waals surface area contributed by atoms with Gasteiger partial charge in [0.25, 0.3) is 0 Å². The van der Waals surface area contributed by atoms with Gasteiger partial charge in [0.1, 0.15) is 6.10 Å². The molecule has 0 bridgehead atoms. The van der Waals surface area contributed by atoms with Crippen molar-refractivity contribution in [2.24, 2.45) is 0 Å². The zero-order valence-electron chi connectivity index (χ0n) is 9.93. The van der Waals surface area contributed by atoms with Gasteiger partial charge in [0, 0.05) is 10.0 Å². The average molecular weight is 299 g/mol. The Bertz CT molecular complexity index is 463. The Morgan fingerprint density at radius 1 is 1.31 bits per heavy atom. The van der Waals surface area contributed by atoms with E-state index in [0.29, 0.717) is 0 Å². The lowest BCUT2D eigenvalue weighted by Gasteiger charge is -2.18. The van der Waals surface area contributed by atoms with E-state index < -0.39 is 8.07 Å². The van der Waals surface area contributed by atoms with Crippen molar-refractivity contribution in [2.75, 3.05) is 0 Å². The van der Waals surface area contributed by atoms with Crippen LogP contribution in [0, 0.1) is 0 Å². The summed E-state index contributed by atoms with van der Waals surface area (Å²) in [5, 5.41) is 1.28. The van der Waals surface area contributed by atoms with Crippen molar-refractivity contribution in [3.05, 3.63) is 27.7 Å². The Balaban J connectivity index is 2.64. The molecule has 4 heteroatoms. The second kappa shape index (κ2) is 3.70. The number of rotatable bonds is 1. The molecule has 0 N–H and O–H groups in total. The van der Waals surface area contributed by atoms with Gasteiger partial charge in [-0.05, 0) is 19.1 Å². The van der Waals surface area contributed by atoms with E-state index in [2.05, 4.69) is 41.6 Å². The van der Waals surface area contributed by atoms with Gasteiger partial charge in [-0.15, -0.1) is 0 Å². The molecule has 0 aliphatic carbocycles. The van der Waals surface area contributed by atoms with Crippen LogP contribution >= 0.6 is 15.9 Å². The maximum Gasteiger partial charge on any atom is 0.339 e. The fourth-order valence-electron chi connectivity index (χ4n) is 1.92. The van der Waals surface area contributed by atoms with E-state index in [1.807, 2.05) is 13.0 Å². The Morgan fingerprint density at radius 3 is 2.50 bits per heavy atom. The minimum atomic E-state index is -1.40. The lowest BCUT2D eigenvalue weighted by Crippen LogP contribution is -2.38. The van der Waals surface area contributed by atoms with Crippen LogP contribution in [-0.4, -0.2) is 14.0 Å². The molecule has 1 aromatic carbocycles. The van der Waals surface area contributed by atoms with E-state index in [4.69, 9.17) is 4.74 Å². The van der Waals surface area contributed by atoms with Gasteiger partial charge in [0.05, 0.1) is 13.6 Å². The molecule has 0 radical (unpaired) electrons. The van der Waals surface area contributed by atoms with E-state index in [-0.39, 0.29) is 12.1 Å². The number of carbonyl (C=O) groups excluding carboxylic acids is 1. The summed E-state index contributed by atoms with van der Waals surface area (Å²) in [5.74, 6) is -0.191. The standard InChI is InChI=1S/C12H15BrO2Si/c1-7-11-9(12(14)15-7)5-8(6-10(11)13)16(2,3)4/h5-7H,1-4H3. The third-order valence-corrected chi connectivity index (χ3v) is 5.58. The topological polar surface area (TPSA) is 26.3 Å². The van der Waals surface area contributed by atoms with E-state index >= 15 is 0 Å². The molecule has 1 heterocycles. The fraction of sp³-hybridized carbons (Fsp3) is 0.417. The number of esters is 1. The maximum atomic E-state index is 11.7. The zero-order chi connectivity index (χ0) is 12.1. The maximum absolute atomic E-state index is 11.7. The molecule has 0 fully saturated rings.